The van der Waals surface area contributed by atoms with E-state index < -0.39 is 34.5 Å². The van der Waals surface area contributed by atoms with Crippen LogP contribution in [-0.2, 0) is 25.2 Å². The van der Waals surface area contributed by atoms with E-state index in [0.717, 1.165) is 33.4 Å². The summed E-state index contributed by atoms with van der Waals surface area (Å²) in [6.45, 7) is 5.50. The van der Waals surface area contributed by atoms with Crippen molar-refractivity contribution in [2.45, 2.75) is 31.6 Å². The van der Waals surface area contributed by atoms with Gasteiger partial charge in [0.15, 0.2) is 11.6 Å². The predicted octanol–water partition coefficient (Wildman–Crippen LogP) is 7.69. The van der Waals surface area contributed by atoms with Gasteiger partial charge < -0.3 is 0 Å². The van der Waals surface area contributed by atoms with E-state index in [4.69, 9.17) is 0 Å². The van der Waals surface area contributed by atoms with Crippen molar-refractivity contribution in [2.24, 2.45) is 11.8 Å². The van der Waals surface area contributed by atoms with E-state index in [0.29, 0.717) is 22.4 Å². The number of fused-ring (bicyclic) bond motifs is 5. The molecule has 5 aromatic rings. The van der Waals surface area contributed by atoms with Crippen LogP contribution in [0.2, 0.25) is 0 Å². The van der Waals surface area contributed by atoms with Crippen molar-refractivity contribution in [2.75, 3.05) is 4.90 Å². The summed E-state index contributed by atoms with van der Waals surface area (Å²) >= 11 is 0. The Labute approximate surface area is 279 Å². The number of nitrogens with zero attached hydrogens (tertiary/aromatic N) is 1. The molecule has 1 aliphatic heterocycles. The maximum absolute atomic E-state index is 16.0. The molecule has 0 aromatic heterocycles. The summed E-state index contributed by atoms with van der Waals surface area (Å²) in [4.78, 5) is 59.9. The normalized spacial score (nSPS) is 24.4. The molecule has 234 valence electrons. The van der Waals surface area contributed by atoms with Crippen LogP contribution in [0.25, 0.3) is 11.1 Å². The van der Waals surface area contributed by atoms with E-state index in [2.05, 4.69) is 0 Å². The number of anilines is 1. The molecule has 5 aromatic carbocycles. The van der Waals surface area contributed by atoms with Crippen molar-refractivity contribution in [3.8, 4) is 0 Å². The van der Waals surface area contributed by atoms with Gasteiger partial charge in [0.2, 0.25) is 11.8 Å². The van der Waals surface area contributed by atoms with Crippen LogP contribution in [0.15, 0.2) is 133 Å². The molecular weight excluding hydrogens is 594 g/mol. The lowest BCUT2D eigenvalue weighted by Gasteiger charge is -2.39. The van der Waals surface area contributed by atoms with Crippen molar-refractivity contribution in [3.63, 3.8) is 0 Å². The van der Waals surface area contributed by atoms with Gasteiger partial charge in [0.05, 0.1) is 28.4 Å². The fraction of sp³-hybridized carbons (Fsp3) is 0.163. The van der Waals surface area contributed by atoms with Crippen molar-refractivity contribution in [1.82, 2.24) is 0 Å². The van der Waals surface area contributed by atoms with Gasteiger partial charge in [-0.3, -0.25) is 19.2 Å². The molecule has 0 spiro atoms. The first kappa shape index (κ1) is 29.7. The van der Waals surface area contributed by atoms with Crippen LogP contribution in [0.1, 0.15) is 50.7 Å². The minimum absolute atomic E-state index is 0.160. The van der Waals surface area contributed by atoms with Gasteiger partial charge in [-0.15, -0.1) is 0 Å². The minimum atomic E-state index is -1.48. The number of carbonyl (C=O) groups excluding carboxylic acids is 4. The van der Waals surface area contributed by atoms with Gasteiger partial charge >= 0.3 is 0 Å². The van der Waals surface area contributed by atoms with Crippen LogP contribution in [0.3, 0.4) is 0 Å². The van der Waals surface area contributed by atoms with Crippen molar-refractivity contribution >= 4 is 40.2 Å². The predicted molar refractivity (Wildman–Crippen MR) is 186 cm³/mol. The van der Waals surface area contributed by atoms with Crippen LogP contribution < -0.4 is 4.90 Å². The maximum atomic E-state index is 16.0. The number of ketones is 2. The largest absolute Gasteiger partial charge is 0.297 e. The summed E-state index contributed by atoms with van der Waals surface area (Å²) in [5.41, 5.74) is 4.47. The van der Waals surface area contributed by atoms with Crippen LogP contribution >= 0.6 is 0 Å². The molecule has 5 nitrogen and oxygen atoms in total. The summed E-state index contributed by atoms with van der Waals surface area (Å²) in [6.07, 6.45) is 0. The molecule has 1 saturated carbocycles. The summed E-state index contributed by atoms with van der Waals surface area (Å²) in [6, 6.07) is 41.9. The molecule has 5 heteroatoms. The van der Waals surface area contributed by atoms with E-state index in [-0.39, 0.29) is 11.6 Å². The number of aryl methyl sites for hydroxylation is 2. The third kappa shape index (κ3) is 3.79. The number of allylic oxidation sites excluding steroid dienone is 2. The van der Waals surface area contributed by atoms with E-state index in [1.807, 2.05) is 123 Å². The van der Waals surface area contributed by atoms with E-state index >= 15 is 14.4 Å². The Morgan fingerprint density at radius 2 is 1.00 bits per heavy atom. The van der Waals surface area contributed by atoms with Crippen LogP contribution in [-0.4, -0.2) is 23.4 Å². The van der Waals surface area contributed by atoms with Crippen molar-refractivity contribution < 1.29 is 19.2 Å². The molecule has 1 saturated heterocycles. The first-order valence-electron chi connectivity index (χ1n) is 16.3. The van der Waals surface area contributed by atoms with Crippen LogP contribution in [0.4, 0.5) is 5.69 Å². The van der Waals surface area contributed by atoms with Gasteiger partial charge in [-0.2, -0.15) is 0 Å². The van der Waals surface area contributed by atoms with E-state index in [9.17, 15) is 4.79 Å². The number of carbonyl (C=O) groups is 4. The summed E-state index contributed by atoms with van der Waals surface area (Å²) < 4.78 is 0. The molecule has 0 unspecified atom stereocenters. The fourth-order valence-corrected chi connectivity index (χ4v) is 8.68. The van der Waals surface area contributed by atoms with Gasteiger partial charge in [0.1, 0.15) is 0 Å². The number of benzene rings is 5. The van der Waals surface area contributed by atoms with Gasteiger partial charge in [-0.25, -0.2) is 4.90 Å². The van der Waals surface area contributed by atoms with Crippen LogP contribution in [0.5, 0.6) is 0 Å². The Kier molecular flexibility index (Phi) is 6.61. The number of amides is 2. The Hall–Kier alpha value is -5.68. The molecule has 48 heavy (non-hydrogen) atoms. The molecular formula is C43H33NO4. The first-order chi connectivity index (χ1) is 23.2. The molecule has 0 N–H and O–H groups in total. The third-order valence-corrected chi connectivity index (χ3v) is 10.6. The highest BCUT2D eigenvalue weighted by Crippen LogP contribution is 2.74. The topological polar surface area (TPSA) is 71.5 Å². The average molecular weight is 628 g/mol. The van der Waals surface area contributed by atoms with Gasteiger partial charge in [0, 0.05) is 5.56 Å². The molecule has 2 amide bonds. The number of hydrogen-bond acceptors (Lipinski definition) is 4. The highest BCUT2D eigenvalue weighted by molar-refractivity contribution is 6.39. The lowest BCUT2D eigenvalue weighted by atomic mass is 9.59. The molecule has 4 atom stereocenters. The Balaban J connectivity index is 1.54. The van der Waals surface area contributed by atoms with Gasteiger partial charge in [-0.1, -0.05) is 132 Å². The molecule has 2 aliphatic carbocycles. The molecule has 8 rings (SSSR count). The molecule has 3 aliphatic rings. The standard InChI is InChI=1S/C43H33NO4/c1-26-17-21-29(22-18-26)35-36(30-23-19-27(2)20-24-30)43(33-14-8-5-9-15-33)38-37(42(35,41(43)48)32-12-6-4-7-13-32)39(46)44(40(38)47)34-16-10-11-31(25-34)28(3)45/h4-25,37-38H,1-3H3/t37-,38-,42+,43+/m1/s1. The number of rotatable bonds is 6. The molecule has 2 fully saturated rings. The van der Waals surface area contributed by atoms with Gasteiger partial charge in [0.25, 0.3) is 0 Å². The average Bonchev–Trinajstić information content (AvgIpc) is 3.62. The third-order valence-electron chi connectivity index (χ3n) is 10.6. The molecule has 1 heterocycles. The number of imide groups is 1. The zero-order valence-corrected chi connectivity index (χ0v) is 26.9. The smallest absolute Gasteiger partial charge is 0.239 e. The lowest BCUT2D eigenvalue weighted by molar-refractivity contribution is -0.130. The highest BCUT2D eigenvalue weighted by atomic mass is 16.2. The maximum Gasteiger partial charge on any atom is 0.239 e. The summed E-state index contributed by atoms with van der Waals surface area (Å²) in [7, 11) is 0. The summed E-state index contributed by atoms with van der Waals surface area (Å²) in [5, 5.41) is 0. The second-order valence-corrected chi connectivity index (χ2v) is 13.2. The fourth-order valence-electron chi connectivity index (χ4n) is 8.68. The molecule has 0 radical (unpaired) electrons. The van der Waals surface area contributed by atoms with E-state index in [1.165, 1.54) is 11.8 Å². The zero-order chi connectivity index (χ0) is 33.4. The second-order valence-electron chi connectivity index (χ2n) is 13.2. The number of Topliss-reactive ketones (excluding diaryl/α,β-unsaturated/α-hetero) is 2. The van der Waals surface area contributed by atoms with Crippen molar-refractivity contribution in [1.29, 1.82) is 0 Å². The zero-order valence-electron chi connectivity index (χ0n) is 26.9. The van der Waals surface area contributed by atoms with Crippen LogP contribution in [0, 0.1) is 25.7 Å². The van der Waals surface area contributed by atoms with Gasteiger partial charge in [-0.05, 0) is 66.3 Å². The van der Waals surface area contributed by atoms with Crippen molar-refractivity contribution in [3.05, 3.63) is 172 Å². The Bertz CT molecular complexity index is 2060. The SMILES string of the molecule is CC(=O)c1cccc(N2C(=O)[C@H]3[C@H](C2=O)[C@@]2(c4ccccc4)C(=O)[C@@]3(c3ccccc3)C(c3ccc(C)cc3)=C2c2ccc(C)cc2)c1. The number of hydrogen-bond donors (Lipinski definition) is 0. The van der Waals surface area contributed by atoms with E-state index in [1.54, 1.807) is 24.3 Å². The quantitative estimate of drug-likeness (QED) is 0.143. The Morgan fingerprint density at radius 3 is 1.42 bits per heavy atom. The molecule has 2 bridgehead atoms. The Morgan fingerprint density at radius 1 is 0.562 bits per heavy atom. The monoisotopic (exact) mass is 627 g/mol. The first-order valence-corrected chi connectivity index (χ1v) is 16.3. The lowest BCUT2D eigenvalue weighted by Crippen LogP contribution is -2.45. The second kappa shape index (κ2) is 10.7. The minimum Gasteiger partial charge on any atom is -0.297 e. The summed E-state index contributed by atoms with van der Waals surface area (Å²) in [5.74, 6) is -3.25. The highest BCUT2D eigenvalue weighted by Gasteiger charge is 2.82.